The summed E-state index contributed by atoms with van der Waals surface area (Å²) in [6.07, 6.45) is 0. The second-order valence-electron chi connectivity index (χ2n) is 3.33. The highest BCUT2D eigenvalue weighted by Crippen LogP contribution is 2.17. The maximum absolute atomic E-state index is 4.36. The molecule has 1 aromatic carbocycles. The van der Waals surface area contributed by atoms with Gasteiger partial charge >= 0.3 is 0 Å². The van der Waals surface area contributed by atoms with E-state index in [0.29, 0.717) is 6.04 Å². The van der Waals surface area contributed by atoms with Crippen LogP contribution >= 0.6 is 12.8 Å². The molecule has 1 aliphatic heterocycles. The van der Waals surface area contributed by atoms with Crippen molar-refractivity contribution in [2.24, 2.45) is 0 Å². The SMILES string of the molecule is SN1CCNC(c2ccccc2)C1. The van der Waals surface area contributed by atoms with Crippen LogP contribution in [0.25, 0.3) is 0 Å². The highest BCUT2D eigenvalue weighted by molar-refractivity contribution is 7.77. The fourth-order valence-corrected chi connectivity index (χ4v) is 1.91. The predicted octanol–water partition coefficient (Wildman–Crippen LogP) is 1.48. The Labute approximate surface area is 84.5 Å². The molecule has 2 nitrogen and oxygen atoms in total. The first-order chi connectivity index (χ1) is 6.36. The normalized spacial score (nSPS) is 24.5. The van der Waals surface area contributed by atoms with Gasteiger partial charge in [-0.2, -0.15) is 0 Å². The van der Waals surface area contributed by atoms with Crippen LogP contribution in [-0.2, 0) is 0 Å². The number of nitrogens with zero attached hydrogens (tertiary/aromatic N) is 1. The van der Waals surface area contributed by atoms with Crippen LogP contribution in [0, 0.1) is 0 Å². The van der Waals surface area contributed by atoms with Crippen LogP contribution < -0.4 is 5.32 Å². The minimum Gasteiger partial charge on any atom is -0.308 e. The van der Waals surface area contributed by atoms with E-state index in [2.05, 4.69) is 46.7 Å². The first kappa shape index (κ1) is 9.06. The van der Waals surface area contributed by atoms with Crippen molar-refractivity contribution in [1.82, 2.24) is 9.62 Å². The summed E-state index contributed by atoms with van der Waals surface area (Å²) in [5.41, 5.74) is 1.35. The van der Waals surface area contributed by atoms with E-state index in [1.165, 1.54) is 5.56 Å². The molecule has 1 saturated heterocycles. The molecule has 0 aliphatic carbocycles. The van der Waals surface area contributed by atoms with Crippen molar-refractivity contribution in [1.29, 1.82) is 0 Å². The van der Waals surface area contributed by atoms with Crippen LogP contribution in [0.3, 0.4) is 0 Å². The second kappa shape index (κ2) is 4.13. The Morgan fingerprint density at radius 1 is 1.31 bits per heavy atom. The Morgan fingerprint density at radius 2 is 2.08 bits per heavy atom. The number of piperazine rings is 1. The molecular formula is C10H14N2S. The summed E-state index contributed by atoms with van der Waals surface area (Å²) in [5, 5.41) is 3.48. The number of rotatable bonds is 1. The summed E-state index contributed by atoms with van der Waals surface area (Å²) in [6.45, 7) is 3.02. The summed E-state index contributed by atoms with van der Waals surface area (Å²) in [5.74, 6) is 0. The van der Waals surface area contributed by atoms with Crippen LogP contribution in [0.4, 0.5) is 0 Å². The molecule has 1 heterocycles. The first-order valence-corrected chi connectivity index (χ1v) is 4.98. The lowest BCUT2D eigenvalue weighted by molar-refractivity contribution is 0.328. The van der Waals surface area contributed by atoms with Crippen molar-refractivity contribution in [3.05, 3.63) is 35.9 Å². The van der Waals surface area contributed by atoms with Crippen LogP contribution in [0.15, 0.2) is 30.3 Å². The molecule has 0 amide bonds. The van der Waals surface area contributed by atoms with Gasteiger partial charge < -0.3 is 5.32 Å². The summed E-state index contributed by atoms with van der Waals surface area (Å²) in [7, 11) is 0. The minimum absolute atomic E-state index is 0.437. The number of hydrogen-bond acceptors (Lipinski definition) is 3. The minimum atomic E-state index is 0.437. The zero-order chi connectivity index (χ0) is 9.10. The lowest BCUT2D eigenvalue weighted by Gasteiger charge is -2.30. The molecule has 13 heavy (non-hydrogen) atoms. The van der Waals surface area contributed by atoms with Crippen molar-refractivity contribution >= 4 is 12.8 Å². The van der Waals surface area contributed by atoms with E-state index in [4.69, 9.17) is 0 Å². The third-order valence-electron chi connectivity index (χ3n) is 2.36. The molecule has 0 aromatic heterocycles. The summed E-state index contributed by atoms with van der Waals surface area (Å²) in [4.78, 5) is 0. The topological polar surface area (TPSA) is 15.3 Å². The summed E-state index contributed by atoms with van der Waals surface area (Å²) >= 11 is 4.36. The van der Waals surface area contributed by atoms with Crippen LogP contribution in [0.5, 0.6) is 0 Å². The zero-order valence-electron chi connectivity index (χ0n) is 7.48. The molecule has 3 heteroatoms. The van der Waals surface area contributed by atoms with Crippen LogP contribution in [0.1, 0.15) is 11.6 Å². The van der Waals surface area contributed by atoms with Crippen molar-refractivity contribution in [2.75, 3.05) is 19.6 Å². The number of benzene rings is 1. The van der Waals surface area contributed by atoms with Gasteiger partial charge in [0.2, 0.25) is 0 Å². The molecule has 1 aliphatic rings. The molecule has 1 unspecified atom stereocenters. The molecule has 1 aromatic rings. The predicted molar refractivity (Wildman–Crippen MR) is 57.7 cm³/mol. The molecular weight excluding hydrogens is 180 g/mol. The molecule has 1 fully saturated rings. The molecule has 0 radical (unpaired) electrons. The Kier molecular flexibility index (Phi) is 2.88. The lowest BCUT2D eigenvalue weighted by atomic mass is 10.1. The summed E-state index contributed by atoms with van der Waals surface area (Å²) in [6, 6.07) is 11.0. The van der Waals surface area contributed by atoms with E-state index in [1.54, 1.807) is 0 Å². The van der Waals surface area contributed by atoms with Crippen LogP contribution in [0.2, 0.25) is 0 Å². The largest absolute Gasteiger partial charge is 0.308 e. The highest BCUT2D eigenvalue weighted by Gasteiger charge is 2.17. The van der Waals surface area contributed by atoms with Gasteiger partial charge in [-0.05, 0) is 5.56 Å². The van der Waals surface area contributed by atoms with Gasteiger partial charge in [0.15, 0.2) is 0 Å². The van der Waals surface area contributed by atoms with Gasteiger partial charge in [-0.15, -0.1) is 0 Å². The standard InChI is InChI=1S/C10H14N2S/c13-12-7-6-11-10(8-12)9-4-2-1-3-5-9/h1-5,10-11,13H,6-8H2. The fraction of sp³-hybridized carbons (Fsp3) is 0.400. The summed E-state index contributed by atoms with van der Waals surface area (Å²) < 4.78 is 2.06. The van der Waals surface area contributed by atoms with E-state index < -0.39 is 0 Å². The van der Waals surface area contributed by atoms with Crippen molar-refractivity contribution < 1.29 is 0 Å². The molecule has 0 spiro atoms. The Bertz CT molecular complexity index is 263. The molecule has 0 bridgehead atoms. The van der Waals surface area contributed by atoms with Gasteiger partial charge in [0.25, 0.3) is 0 Å². The van der Waals surface area contributed by atoms with Gasteiger partial charge in [0, 0.05) is 25.7 Å². The maximum atomic E-state index is 4.36. The van der Waals surface area contributed by atoms with Crippen molar-refractivity contribution in [3.63, 3.8) is 0 Å². The molecule has 1 atom stereocenters. The third-order valence-corrected chi connectivity index (χ3v) is 2.72. The second-order valence-corrected chi connectivity index (χ2v) is 3.90. The van der Waals surface area contributed by atoms with Crippen molar-refractivity contribution in [2.45, 2.75) is 6.04 Å². The van der Waals surface area contributed by atoms with Crippen LogP contribution in [-0.4, -0.2) is 23.9 Å². The van der Waals surface area contributed by atoms with Gasteiger partial charge in [-0.3, -0.25) is 4.31 Å². The average Bonchev–Trinajstić information content (AvgIpc) is 2.19. The Morgan fingerprint density at radius 3 is 2.77 bits per heavy atom. The van der Waals surface area contributed by atoms with E-state index in [9.17, 15) is 0 Å². The molecule has 0 saturated carbocycles. The Hall–Kier alpha value is -0.510. The maximum Gasteiger partial charge on any atom is 0.0459 e. The lowest BCUT2D eigenvalue weighted by Crippen LogP contribution is -2.41. The number of nitrogens with one attached hydrogen (secondary N) is 1. The molecule has 1 N–H and O–H groups in total. The number of hydrogen-bond donors (Lipinski definition) is 2. The van der Waals surface area contributed by atoms with E-state index in [-0.39, 0.29) is 0 Å². The third kappa shape index (κ3) is 2.24. The zero-order valence-corrected chi connectivity index (χ0v) is 8.37. The van der Waals surface area contributed by atoms with Crippen molar-refractivity contribution in [3.8, 4) is 0 Å². The average molecular weight is 194 g/mol. The van der Waals surface area contributed by atoms with E-state index in [1.807, 2.05) is 6.07 Å². The molecule has 2 rings (SSSR count). The number of thiol groups is 1. The quantitative estimate of drug-likeness (QED) is 0.658. The smallest absolute Gasteiger partial charge is 0.0459 e. The van der Waals surface area contributed by atoms with Gasteiger partial charge in [0.1, 0.15) is 0 Å². The highest BCUT2D eigenvalue weighted by atomic mass is 32.1. The van der Waals surface area contributed by atoms with Gasteiger partial charge in [-0.1, -0.05) is 43.1 Å². The first-order valence-electron chi connectivity index (χ1n) is 4.58. The monoisotopic (exact) mass is 194 g/mol. The van der Waals surface area contributed by atoms with E-state index in [0.717, 1.165) is 19.6 Å². The van der Waals surface area contributed by atoms with E-state index >= 15 is 0 Å². The van der Waals surface area contributed by atoms with Gasteiger partial charge in [-0.25, -0.2) is 0 Å². The molecule has 70 valence electrons. The fourth-order valence-electron chi connectivity index (χ4n) is 1.64. The van der Waals surface area contributed by atoms with Gasteiger partial charge in [0.05, 0.1) is 0 Å². The Balaban J connectivity index is 2.08.